The van der Waals surface area contributed by atoms with Crippen LogP contribution in [0.1, 0.15) is 50.6 Å². The van der Waals surface area contributed by atoms with Crippen molar-refractivity contribution in [2.75, 3.05) is 13.7 Å². The maximum atomic E-state index is 12.0. The molecule has 1 aromatic rings. The molecule has 0 amide bonds. The predicted octanol–water partition coefficient (Wildman–Crippen LogP) is 3.15. The molecule has 128 valence electrons. The molecule has 3 unspecified atom stereocenters. The van der Waals surface area contributed by atoms with Gasteiger partial charge in [-0.25, -0.2) is 0 Å². The molecule has 5 heteroatoms. The summed E-state index contributed by atoms with van der Waals surface area (Å²) in [5.74, 6) is -0.120. The summed E-state index contributed by atoms with van der Waals surface area (Å²) in [4.78, 5) is 16.6. The monoisotopic (exact) mass is 328 g/mol. The maximum Gasteiger partial charge on any atom is 0.306 e. The van der Waals surface area contributed by atoms with Crippen molar-refractivity contribution in [2.24, 2.45) is 5.92 Å². The largest absolute Gasteiger partial charge is 0.469 e. The molecule has 1 aliphatic heterocycles. The van der Waals surface area contributed by atoms with Crippen LogP contribution in [0, 0.1) is 17.2 Å². The first-order valence-corrected chi connectivity index (χ1v) is 8.63. The lowest BCUT2D eigenvalue weighted by atomic mass is 9.73. The Labute approximate surface area is 143 Å². The summed E-state index contributed by atoms with van der Waals surface area (Å²) in [7, 11) is 1.43. The van der Waals surface area contributed by atoms with Gasteiger partial charge >= 0.3 is 5.97 Å². The lowest BCUT2D eigenvalue weighted by molar-refractivity contribution is -0.142. The van der Waals surface area contributed by atoms with Gasteiger partial charge in [-0.05, 0) is 50.7 Å². The van der Waals surface area contributed by atoms with Gasteiger partial charge in [0.1, 0.15) is 0 Å². The van der Waals surface area contributed by atoms with Crippen LogP contribution in [0.5, 0.6) is 0 Å². The number of ether oxygens (including phenoxy) is 2. The van der Waals surface area contributed by atoms with Gasteiger partial charge in [0.25, 0.3) is 0 Å². The van der Waals surface area contributed by atoms with Crippen LogP contribution >= 0.6 is 0 Å². The number of aromatic nitrogens is 1. The van der Waals surface area contributed by atoms with Gasteiger partial charge in [-0.2, -0.15) is 5.26 Å². The molecule has 1 aliphatic carbocycles. The number of nitrogens with zero attached hydrogens (tertiary/aromatic N) is 2. The molecule has 3 rings (SSSR count). The van der Waals surface area contributed by atoms with Crippen LogP contribution in [-0.4, -0.2) is 30.3 Å². The minimum atomic E-state index is -0.345. The molecule has 2 fully saturated rings. The molecule has 3 atom stereocenters. The third kappa shape index (κ3) is 3.29. The molecule has 0 aromatic carbocycles. The molecule has 1 saturated carbocycles. The Morgan fingerprint density at radius 2 is 2.29 bits per heavy atom. The highest BCUT2D eigenvalue weighted by molar-refractivity contribution is 5.71. The molecular weight excluding hydrogens is 304 g/mol. The van der Waals surface area contributed by atoms with E-state index >= 15 is 0 Å². The molecule has 0 bridgehead atoms. The van der Waals surface area contributed by atoms with Crippen LogP contribution in [0.25, 0.3) is 0 Å². The molecule has 2 heterocycles. The van der Waals surface area contributed by atoms with Gasteiger partial charge in [-0.15, -0.1) is 0 Å². The second-order valence-electron chi connectivity index (χ2n) is 7.10. The van der Waals surface area contributed by atoms with Crippen molar-refractivity contribution in [2.45, 2.75) is 56.0 Å². The number of carbonyl (C=O) groups is 1. The Morgan fingerprint density at radius 3 is 2.96 bits per heavy atom. The second kappa shape index (κ2) is 6.90. The van der Waals surface area contributed by atoms with Gasteiger partial charge in [0, 0.05) is 29.8 Å². The molecule has 5 nitrogen and oxygen atoms in total. The van der Waals surface area contributed by atoms with E-state index in [0.29, 0.717) is 13.0 Å². The average molecular weight is 328 g/mol. The van der Waals surface area contributed by atoms with Crippen LogP contribution in [0.15, 0.2) is 24.4 Å². The zero-order valence-electron chi connectivity index (χ0n) is 14.2. The first-order chi connectivity index (χ1) is 11.6. The minimum Gasteiger partial charge on any atom is -0.469 e. The number of pyridine rings is 1. The van der Waals surface area contributed by atoms with Gasteiger partial charge in [-0.3, -0.25) is 9.78 Å². The van der Waals surface area contributed by atoms with Crippen molar-refractivity contribution < 1.29 is 14.3 Å². The van der Waals surface area contributed by atoms with Gasteiger partial charge in [0.05, 0.1) is 25.2 Å². The van der Waals surface area contributed by atoms with Crippen molar-refractivity contribution >= 4 is 5.97 Å². The van der Waals surface area contributed by atoms with Crippen molar-refractivity contribution in [1.82, 2.24) is 4.98 Å². The van der Waals surface area contributed by atoms with Crippen molar-refractivity contribution in [3.63, 3.8) is 0 Å². The molecule has 2 aliphatic rings. The van der Waals surface area contributed by atoms with Crippen molar-refractivity contribution in [1.29, 1.82) is 5.26 Å². The lowest BCUT2D eigenvalue weighted by Gasteiger charge is -2.32. The molecule has 0 N–H and O–H groups in total. The number of methoxy groups -OCH3 is 1. The van der Waals surface area contributed by atoms with E-state index in [1.165, 1.54) is 7.11 Å². The number of hydrogen-bond donors (Lipinski definition) is 0. The Bertz CT molecular complexity index is 627. The van der Waals surface area contributed by atoms with E-state index in [0.717, 1.165) is 44.2 Å². The number of hydrogen-bond acceptors (Lipinski definition) is 5. The summed E-state index contributed by atoms with van der Waals surface area (Å²) in [6, 6.07) is 8.23. The molecule has 1 saturated heterocycles. The van der Waals surface area contributed by atoms with Crippen molar-refractivity contribution in [3.05, 3.63) is 30.1 Å². The summed E-state index contributed by atoms with van der Waals surface area (Å²) < 4.78 is 11.2. The molecule has 0 radical (unpaired) electrons. The fourth-order valence-corrected chi connectivity index (χ4v) is 4.23. The van der Waals surface area contributed by atoms with Gasteiger partial charge < -0.3 is 9.47 Å². The number of carbonyl (C=O) groups excluding carboxylic acids is 1. The SMILES string of the molecule is COC(=O)CC1(c2ccccn2)CCOC2(CCC(C#N)C2)CC1. The van der Waals surface area contributed by atoms with Crippen LogP contribution < -0.4 is 0 Å². The summed E-state index contributed by atoms with van der Waals surface area (Å²) in [6.07, 6.45) is 7.18. The Hall–Kier alpha value is -1.93. The zero-order valence-corrected chi connectivity index (χ0v) is 14.2. The van der Waals surface area contributed by atoms with Gasteiger partial charge in [0.15, 0.2) is 0 Å². The molecule has 1 aromatic heterocycles. The van der Waals surface area contributed by atoms with Gasteiger partial charge in [0.2, 0.25) is 0 Å². The fraction of sp³-hybridized carbons (Fsp3) is 0.632. The summed E-state index contributed by atoms with van der Waals surface area (Å²) in [5.41, 5.74) is 0.390. The van der Waals surface area contributed by atoms with E-state index in [1.54, 1.807) is 6.20 Å². The quantitative estimate of drug-likeness (QED) is 0.797. The number of esters is 1. The molecule has 24 heavy (non-hydrogen) atoms. The minimum absolute atomic E-state index is 0.0907. The van der Waals surface area contributed by atoms with Crippen LogP contribution in [0.3, 0.4) is 0 Å². The fourth-order valence-electron chi connectivity index (χ4n) is 4.23. The summed E-state index contributed by atoms with van der Waals surface area (Å²) in [6.45, 7) is 0.589. The third-order valence-electron chi connectivity index (χ3n) is 5.72. The standard InChI is InChI=1S/C19H24N2O3/c1-23-17(22)13-18(16-4-2-3-10-21-16)7-8-19(24-11-9-18)6-5-15(12-19)14-20/h2-4,10,15H,5-9,11-13H2,1H3. The van der Waals surface area contributed by atoms with Crippen molar-refractivity contribution in [3.8, 4) is 6.07 Å². The van der Waals surface area contributed by atoms with E-state index in [2.05, 4.69) is 11.1 Å². The summed E-state index contributed by atoms with van der Waals surface area (Å²) >= 11 is 0. The average Bonchev–Trinajstić information content (AvgIpc) is 2.94. The Morgan fingerprint density at radius 1 is 1.42 bits per heavy atom. The zero-order chi connectivity index (χ0) is 17.0. The Kier molecular flexibility index (Phi) is 4.86. The van der Waals surface area contributed by atoms with E-state index in [4.69, 9.17) is 9.47 Å². The topological polar surface area (TPSA) is 72.2 Å². The third-order valence-corrected chi connectivity index (χ3v) is 5.72. The van der Waals surface area contributed by atoms with Crippen LogP contribution in [0.2, 0.25) is 0 Å². The maximum absolute atomic E-state index is 12.0. The van der Waals surface area contributed by atoms with E-state index in [9.17, 15) is 10.1 Å². The van der Waals surface area contributed by atoms with Crippen LogP contribution in [0.4, 0.5) is 0 Å². The van der Waals surface area contributed by atoms with E-state index in [-0.39, 0.29) is 22.9 Å². The first-order valence-electron chi connectivity index (χ1n) is 8.63. The van der Waals surface area contributed by atoms with Crippen LogP contribution in [-0.2, 0) is 19.7 Å². The van der Waals surface area contributed by atoms with E-state index < -0.39 is 0 Å². The highest BCUT2D eigenvalue weighted by atomic mass is 16.5. The smallest absolute Gasteiger partial charge is 0.306 e. The molecular formula is C19H24N2O3. The normalized spacial score (nSPS) is 32.9. The lowest BCUT2D eigenvalue weighted by Crippen LogP contribution is -2.32. The summed E-state index contributed by atoms with van der Waals surface area (Å²) in [5, 5.41) is 9.21. The highest BCUT2D eigenvalue weighted by Crippen LogP contribution is 2.47. The Balaban J connectivity index is 1.85. The first kappa shape index (κ1) is 16.9. The number of rotatable bonds is 3. The molecule has 1 spiro atoms. The predicted molar refractivity (Wildman–Crippen MR) is 88.0 cm³/mol. The van der Waals surface area contributed by atoms with Gasteiger partial charge in [-0.1, -0.05) is 6.07 Å². The second-order valence-corrected chi connectivity index (χ2v) is 7.10. The van der Waals surface area contributed by atoms with E-state index in [1.807, 2.05) is 18.2 Å². The number of nitriles is 1. The highest BCUT2D eigenvalue weighted by Gasteiger charge is 2.46.